The quantitative estimate of drug-likeness (QED) is 0.607. The number of rotatable bonds is 5. The Hall–Kier alpha value is -2.38. The van der Waals surface area contributed by atoms with Gasteiger partial charge in [0.25, 0.3) is 5.91 Å². The highest BCUT2D eigenvalue weighted by atomic mass is 35.5. The highest BCUT2D eigenvalue weighted by Gasteiger charge is 2.30. The van der Waals surface area contributed by atoms with Gasteiger partial charge < -0.3 is 5.32 Å². The monoisotopic (exact) mass is 410 g/mol. The molecule has 0 radical (unpaired) electrons. The first kappa shape index (κ1) is 19.4. The number of thiazole rings is 1. The van der Waals surface area contributed by atoms with Gasteiger partial charge in [0, 0.05) is 34.5 Å². The number of halogens is 4. The fraction of sp³-hybridized carbons (Fsp3) is 0.158. The van der Waals surface area contributed by atoms with Crippen molar-refractivity contribution in [2.45, 2.75) is 12.6 Å². The van der Waals surface area contributed by atoms with Crippen molar-refractivity contribution in [3.63, 3.8) is 0 Å². The second kappa shape index (κ2) is 8.10. The smallest absolute Gasteiger partial charge is 0.352 e. The Morgan fingerprint density at radius 3 is 2.59 bits per heavy atom. The van der Waals surface area contributed by atoms with E-state index in [0.717, 1.165) is 28.4 Å². The summed E-state index contributed by atoms with van der Waals surface area (Å²) in [7, 11) is 0. The Balaban J connectivity index is 1.57. The summed E-state index contributed by atoms with van der Waals surface area (Å²) in [6, 6.07) is 11.7. The van der Waals surface area contributed by atoms with Crippen LogP contribution < -0.4 is 5.32 Å². The number of benzene rings is 2. The summed E-state index contributed by atoms with van der Waals surface area (Å²) in [6.45, 7) is 0.277. The van der Waals surface area contributed by atoms with Crippen molar-refractivity contribution in [1.82, 2.24) is 10.3 Å². The van der Waals surface area contributed by atoms with E-state index in [0.29, 0.717) is 11.4 Å². The van der Waals surface area contributed by atoms with Crippen LogP contribution in [0.25, 0.3) is 10.6 Å². The average molecular weight is 411 g/mol. The first-order valence-corrected chi connectivity index (χ1v) is 9.24. The zero-order valence-electron chi connectivity index (χ0n) is 13.9. The van der Waals surface area contributed by atoms with E-state index < -0.39 is 17.6 Å². The fourth-order valence-electron chi connectivity index (χ4n) is 2.39. The predicted molar refractivity (Wildman–Crippen MR) is 100 cm³/mol. The van der Waals surface area contributed by atoms with Crippen LogP contribution >= 0.6 is 22.9 Å². The molecule has 1 heterocycles. The van der Waals surface area contributed by atoms with Crippen LogP contribution in [0.5, 0.6) is 0 Å². The van der Waals surface area contributed by atoms with Gasteiger partial charge in [-0.3, -0.25) is 4.79 Å². The van der Waals surface area contributed by atoms with Gasteiger partial charge in [0.2, 0.25) is 0 Å². The van der Waals surface area contributed by atoms with Crippen molar-refractivity contribution < 1.29 is 18.0 Å². The lowest BCUT2D eigenvalue weighted by atomic mass is 10.1. The van der Waals surface area contributed by atoms with Crippen LogP contribution in [0.4, 0.5) is 13.2 Å². The summed E-state index contributed by atoms with van der Waals surface area (Å²) in [5.41, 5.74) is 0.880. The molecule has 140 valence electrons. The van der Waals surface area contributed by atoms with Crippen molar-refractivity contribution in [1.29, 1.82) is 0 Å². The molecule has 1 aromatic heterocycles. The standard InChI is InChI=1S/C19H14ClF3N2OS/c20-15-6-4-12(5-7-15)18-25-16(11-27-18)8-9-24-17(26)13-2-1-3-14(10-13)19(21,22)23/h1-7,10-11H,8-9H2,(H,24,26). The molecule has 0 spiro atoms. The second-order valence-corrected chi connectivity index (χ2v) is 7.03. The van der Waals surface area contributed by atoms with Gasteiger partial charge in [-0.2, -0.15) is 13.2 Å². The Labute approximate surface area is 162 Å². The molecule has 0 aliphatic heterocycles. The van der Waals surface area contributed by atoms with E-state index in [9.17, 15) is 18.0 Å². The molecule has 3 rings (SSSR count). The molecule has 1 amide bonds. The second-order valence-electron chi connectivity index (χ2n) is 5.74. The van der Waals surface area contributed by atoms with E-state index in [1.54, 1.807) is 12.1 Å². The summed E-state index contributed by atoms with van der Waals surface area (Å²) in [4.78, 5) is 16.6. The fourth-order valence-corrected chi connectivity index (χ4v) is 3.38. The van der Waals surface area contributed by atoms with Crippen molar-refractivity contribution in [2.24, 2.45) is 0 Å². The molecule has 0 saturated carbocycles. The van der Waals surface area contributed by atoms with Gasteiger partial charge in [0.15, 0.2) is 0 Å². The molecular formula is C19H14ClF3N2OS. The molecule has 0 aliphatic carbocycles. The number of nitrogens with one attached hydrogen (secondary N) is 1. The SMILES string of the molecule is O=C(NCCc1csc(-c2ccc(Cl)cc2)n1)c1cccc(C(F)(F)F)c1. The minimum Gasteiger partial charge on any atom is -0.352 e. The van der Waals surface area contributed by atoms with E-state index in [4.69, 9.17) is 11.6 Å². The van der Waals surface area contributed by atoms with E-state index in [-0.39, 0.29) is 12.1 Å². The largest absolute Gasteiger partial charge is 0.416 e. The minimum absolute atomic E-state index is 0.0232. The van der Waals surface area contributed by atoms with Gasteiger partial charge in [-0.1, -0.05) is 29.8 Å². The van der Waals surface area contributed by atoms with Crippen LogP contribution in [0.1, 0.15) is 21.6 Å². The Morgan fingerprint density at radius 2 is 1.89 bits per heavy atom. The zero-order chi connectivity index (χ0) is 19.4. The third-order valence-corrected chi connectivity index (χ3v) is 4.95. The van der Waals surface area contributed by atoms with E-state index >= 15 is 0 Å². The lowest BCUT2D eigenvalue weighted by molar-refractivity contribution is -0.137. The lowest BCUT2D eigenvalue weighted by Gasteiger charge is -2.09. The maximum Gasteiger partial charge on any atom is 0.416 e. The van der Waals surface area contributed by atoms with Crippen molar-refractivity contribution in [2.75, 3.05) is 6.54 Å². The molecule has 0 aliphatic rings. The van der Waals surface area contributed by atoms with E-state index in [1.165, 1.54) is 23.5 Å². The Kier molecular flexibility index (Phi) is 5.82. The highest BCUT2D eigenvalue weighted by Crippen LogP contribution is 2.29. The van der Waals surface area contributed by atoms with Gasteiger partial charge in [0.05, 0.1) is 11.3 Å². The van der Waals surface area contributed by atoms with Crippen LogP contribution in [0, 0.1) is 0 Å². The predicted octanol–water partition coefficient (Wildman–Crippen LogP) is 5.45. The third kappa shape index (κ3) is 5.08. The minimum atomic E-state index is -4.48. The number of amides is 1. The molecule has 2 aromatic carbocycles. The molecule has 1 N–H and O–H groups in total. The maximum absolute atomic E-state index is 12.7. The maximum atomic E-state index is 12.7. The van der Waals surface area contributed by atoms with E-state index in [1.807, 2.05) is 17.5 Å². The van der Waals surface area contributed by atoms with Crippen molar-refractivity contribution in [3.05, 3.63) is 75.8 Å². The lowest BCUT2D eigenvalue weighted by Crippen LogP contribution is -2.26. The first-order chi connectivity index (χ1) is 12.8. The highest BCUT2D eigenvalue weighted by molar-refractivity contribution is 7.13. The van der Waals surface area contributed by atoms with Crippen LogP contribution in [-0.2, 0) is 12.6 Å². The first-order valence-electron chi connectivity index (χ1n) is 7.99. The number of hydrogen-bond acceptors (Lipinski definition) is 3. The van der Waals surface area contributed by atoms with Gasteiger partial charge in [-0.15, -0.1) is 11.3 Å². The van der Waals surface area contributed by atoms with Gasteiger partial charge >= 0.3 is 6.18 Å². The van der Waals surface area contributed by atoms with Crippen LogP contribution in [0.3, 0.4) is 0 Å². The summed E-state index contributed by atoms with van der Waals surface area (Å²) in [5.74, 6) is -0.547. The molecular weight excluding hydrogens is 397 g/mol. The zero-order valence-corrected chi connectivity index (χ0v) is 15.5. The summed E-state index contributed by atoms with van der Waals surface area (Å²) in [5, 5.41) is 6.00. The molecule has 0 bridgehead atoms. The molecule has 27 heavy (non-hydrogen) atoms. The molecule has 3 aromatic rings. The number of carbonyl (C=O) groups excluding carboxylic acids is 1. The normalized spacial score (nSPS) is 11.4. The summed E-state index contributed by atoms with van der Waals surface area (Å²) >= 11 is 7.34. The molecule has 3 nitrogen and oxygen atoms in total. The van der Waals surface area contributed by atoms with Gasteiger partial charge in [0.1, 0.15) is 5.01 Å². The molecule has 0 fully saturated rings. The number of aromatic nitrogens is 1. The molecule has 8 heteroatoms. The molecule has 0 atom stereocenters. The van der Waals surface area contributed by atoms with Crippen LogP contribution in [-0.4, -0.2) is 17.4 Å². The van der Waals surface area contributed by atoms with Crippen LogP contribution in [0.15, 0.2) is 53.9 Å². The Morgan fingerprint density at radius 1 is 1.15 bits per heavy atom. The number of hydrogen-bond donors (Lipinski definition) is 1. The Bertz CT molecular complexity index is 939. The van der Waals surface area contributed by atoms with Gasteiger partial charge in [-0.25, -0.2) is 4.98 Å². The topological polar surface area (TPSA) is 42.0 Å². The van der Waals surface area contributed by atoms with Crippen molar-refractivity contribution in [3.8, 4) is 10.6 Å². The summed E-state index contributed by atoms with van der Waals surface area (Å²) in [6.07, 6.45) is -4.00. The van der Waals surface area contributed by atoms with Gasteiger partial charge in [-0.05, 0) is 30.3 Å². The van der Waals surface area contributed by atoms with Crippen LogP contribution in [0.2, 0.25) is 5.02 Å². The molecule has 0 saturated heterocycles. The number of nitrogens with zero attached hydrogens (tertiary/aromatic N) is 1. The third-order valence-electron chi connectivity index (χ3n) is 3.76. The number of alkyl halides is 3. The average Bonchev–Trinajstić information content (AvgIpc) is 3.10. The van der Waals surface area contributed by atoms with E-state index in [2.05, 4.69) is 10.3 Å². The molecule has 0 unspecified atom stereocenters. The number of carbonyl (C=O) groups is 1. The van der Waals surface area contributed by atoms with Crippen molar-refractivity contribution >= 4 is 28.8 Å². The summed E-state index contributed by atoms with van der Waals surface area (Å²) < 4.78 is 38.2.